The fraction of sp³-hybridized carbons (Fsp3) is 0.938. The van der Waals surface area contributed by atoms with Gasteiger partial charge in [0.1, 0.15) is 19.3 Å². The monoisotopic (exact) mass is 1240 g/mol. The molecule has 0 aliphatic carbocycles. The van der Waals surface area contributed by atoms with Gasteiger partial charge in [0.2, 0.25) is 0 Å². The third-order valence-electron chi connectivity index (χ3n) is 15.4. The maximum absolute atomic E-state index is 13.0. The summed E-state index contributed by atoms with van der Waals surface area (Å²) < 4.78 is 67.8. The van der Waals surface area contributed by atoms with Gasteiger partial charge in [-0.3, -0.25) is 37.3 Å². The van der Waals surface area contributed by atoms with Crippen molar-refractivity contribution < 1.29 is 80.2 Å². The Kier molecular flexibility index (Phi) is 57.4. The molecule has 0 fully saturated rings. The van der Waals surface area contributed by atoms with E-state index in [1.54, 1.807) is 0 Å². The van der Waals surface area contributed by atoms with Crippen LogP contribution in [0.25, 0.3) is 0 Å². The van der Waals surface area contributed by atoms with Crippen LogP contribution in [0.2, 0.25) is 0 Å². The molecular weight excluding hydrogens is 1110 g/mol. The Morgan fingerprint density at radius 2 is 0.571 bits per heavy atom. The first kappa shape index (κ1) is 82.1. The van der Waals surface area contributed by atoms with Crippen molar-refractivity contribution in [1.82, 2.24) is 0 Å². The van der Waals surface area contributed by atoms with E-state index in [0.29, 0.717) is 25.7 Å². The standard InChI is InChI=1S/C65H126O17P2/c1-6-10-13-16-18-20-21-22-23-24-25-26-27-28-29-30-36-41-46-51-65(70)82-61(55-76-63(68)49-44-39-35-32-31-33-38-42-47-58(5)9-4)57-80-84(73,74)78-53-59(66)52-77-83(71,72)79-56-60(54-75-62(67)48-43-37-15-12-8-3)81-64(69)50-45-40-34-19-17-14-11-7-2/h58-61,66H,6-57H2,1-5H3,(H,71,72)(H,73,74)/t58?,59-,60+,61+/m0/s1. The minimum atomic E-state index is -4.94. The van der Waals surface area contributed by atoms with Gasteiger partial charge >= 0.3 is 39.5 Å². The highest BCUT2D eigenvalue weighted by atomic mass is 31.2. The molecule has 19 heteroatoms. The molecule has 0 bridgehead atoms. The molecule has 0 aliphatic rings. The number of phosphoric ester groups is 2. The Bertz CT molecular complexity index is 1640. The maximum Gasteiger partial charge on any atom is 0.472 e. The molecule has 3 N–H and O–H groups in total. The SMILES string of the molecule is CCCCCCCCCCCCCCCCCCCCCC(=O)O[C@H](COC(=O)CCCCCCCCCCC(C)CC)COP(=O)(O)OC[C@@H](O)COP(=O)(O)OC[C@@H](COC(=O)CCCCCCC)OC(=O)CCCCCCCCCC. The van der Waals surface area contributed by atoms with Crippen LogP contribution in [0.3, 0.4) is 0 Å². The molecule has 3 unspecified atom stereocenters. The fourth-order valence-corrected chi connectivity index (χ4v) is 11.3. The van der Waals surface area contributed by atoms with E-state index >= 15 is 0 Å². The molecular formula is C65H126O17P2. The van der Waals surface area contributed by atoms with Crippen molar-refractivity contribution in [3.63, 3.8) is 0 Å². The Hall–Kier alpha value is -1.94. The summed E-state index contributed by atoms with van der Waals surface area (Å²) in [6, 6.07) is 0. The second kappa shape index (κ2) is 58.7. The number of aliphatic hydroxyl groups excluding tert-OH is 1. The van der Waals surface area contributed by atoms with Gasteiger partial charge in [0.15, 0.2) is 12.2 Å². The fourth-order valence-electron chi connectivity index (χ4n) is 9.73. The summed E-state index contributed by atoms with van der Waals surface area (Å²) in [5.74, 6) is -1.37. The zero-order valence-electron chi connectivity index (χ0n) is 54.0. The third kappa shape index (κ3) is 57.8. The summed E-state index contributed by atoms with van der Waals surface area (Å²) in [5.41, 5.74) is 0. The van der Waals surface area contributed by atoms with Crippen LogP contribution in [0.4, 0.5) is 0 Å². The third-order valence-corrected chi connectivity index (χ3v) is 17.3. The zero-order valence-corrected chi connectivity index (χ0v) is 55.8. The van der Waals surface area contributed by atoms with Gasteiger partial charge in [-0.15, -0.1) is 0 Å². The van der Waals surface area contributed by atoms with Crippen molar-refractivity contribution in [3.8, 4) is 0 Å². The predicted octanol–water partition coefficient (Wildman–Crippen LogP) is 18.2. The molecule has 0 rings (SSSR count). The lowest BCUT2D eigenvalue weighted by molar-refractivity contribution is -0.161. The summed E-state index contributed by atoms with van der Waals surface area (Å²) in [6.45, 7) is 7.09. The second-order valence-corrected chi connectivity index (χ2v) is 26.7. The normalized spacial score (nSPS) is 14.5. The lowest BCUT2D eigenvalue weighted by Gasteiger charge is -2.21. The minimum Gasteiger partial charge on any atom is -0.462 e. The Morgan fingerprint density at radius 3 is 0.845 bits per heavy atom. The highest BCUT2D eigenvalue weighted by molar-refractivity contribution is 7.47. The van der Waals surface area contributed by atoms with Gasteiger partial charge in [0, 0.05) is 25.7 Å². The molecule has 84 heavy (non-hydrogen) atoms. The first-order chi connectivity index (χ1) is 40.6. The Morgan fingerprint density at radius 1 is 0.333 bits per heavy atom. The van der Waals surface area contributed by atoms with Crippen molar-refractivity contribution >= 4 is 39.5 Å². The van der Waals surface area contributed by atoms with Crippen LogP contribution in [0.5, 0.6) is 0 Å². The quantitative estimate of drug-likeness (QED) is 0.0222. The molecule has 0 radical (unpaired) electrons. The number of carbonyl (C=O) groups excluding carboxylic acids is 4. The highest BCUT2D eigenvalue weighted by Crippen LogP contribution is 2.45. The first-order valence-corrected chi connectivity index (χ1v) is 37.2. The number of esters is 4. The number of unbranched alkanes of at least 4 members (excludes halogenated alkanes) is 36. The van der Waals surface area contributed by atoms with Gasteiger partial charge in [-0.25, -0.2) is 9.13 Å². The van der Waals surface area contributed by atoms with Crippen LogP contribution in [-0.4, -0.2) is 96.7 Å². The number of phosphoric acid groups is 2. The van der Waals surface area contributed by atoms with Crippen molar-refractivity contribution in [3.05, 3.63) is 0 Å². The largest absolute Gasteiger partial charge is 0.472 e. The van der Waals surface area contributed by atoms with Crippen molar-refractivity contribution in [1.29, 1.82) is 0 Å². The molecule has 0 heterocycles. The molecule has 0 saturated heterocycles. The van der Waals surface area contributed by atoms with Crippen LogP contribution < -0.4 is 0 Å². The summed E-state index contributed by atoms with van der Waals surface area (Å²) in [7, 11) is -9.87. The zero-order chi connectivity index (χ0) is 62.0. The highest BCUT2D eigenvalue weighted by Gasteiger charge is 2.30. The smallest absolute Gasteiger partial charge is 0.462 e. The van der Waals surface area contributed by atoms with Crippen molar-refractivity contribution in [2.24, 2.45) is 5.92 Å². The van der Waals surface area contributed by atoms with Gasteiger partial charge in [-0.2, -0.15) is 0 Å². The van der Waals surface area contributed by atoms with Gasteiger partial charge < -0.3 is 33.8 Å². The molecule has 0 amide bonds. The molecule has 0 aromatic carbocycles. The molecule has 6 atom stereocenters. The van der Waals surface area contributed by atoms with Crippen LogP contribution in [0.1, 0.15) is 330 Å². The predicted molar refractivity (Wildman–Crippen MR) is 335 cm³/mol. The van der Waals surface area contributed by atoms with E-state index in [2.05, 4.69) is 34.6 Å². The van der Waals surface area contributed by atoms with Crippen LogP contribution in [0, 0.1) is 5.92 Å². The lowest BCUT2D eigenvalue weighted by atomic mass is 9.99. The number of hydrogen-bond donors (Lipinski definition) is 3. The molecule has 0 spiro atoms. The second-order valence-electron chi connectivity index (χ2n) is 23.7. The molecule has 0 saturated carbocycles. The van der Waals surface area contributed by atoms with E-state index in [0.717, 1.165) is 109 Å². The number of ether oxygens (including phenoxy) is 4. The first-order valence-electron chi connectivity index (χ1n) is 34.2. The summed E-state index contributed by atoms with van der Waals surface area (Å²) in [5, 5.41) is 10.5. The summed E-state index contributed by atoms with van der Waals surface area (Å²) in [6.07, 6.45) is 43.6. The lowest BCUT2D eigenvalue weighted by Crippen LogP contribution is -2.30. The van der Waals surface area contributed by atoms with Crippen LogP contribution in [0.15, 0.2) is 0 Å². The molecule has 0 aromatic rings. The average molecular weight is 1240 g/mol. The minimum absolute atomic E-state index is 0.104. The van der Waals surface area contributed by atoms with Gasteiger partial charge in [0.25, 0.3) is 0 Å². The van der Waals surface area contributed by atoms with Crippen LogP contribution >= 0.6 is 15.6 Å². The molecule has 0 aliphatic heterocycles. The van der Waals surface area contributed by atoms with E-state index < -0.39 is 97.5 Å². The van der Waals surface area contributed by atoms with E-state index in [-0.39, 0.29) is 25.7 Å². The van der Waals surface area contributed by atoms with E-state index in [1.165, 1.54) is 141 Å². The molecule has 498 valence electrons. The van der Waals surface area contributed by atoms with E-state index in [4.69, 9.17) is 37.0 Å². The molecule has 17 nitrogen and oxygen atoms in total. The van der Waals surface area contributed by atoms with Gasteiger partial charge in [0.05, 0.1) is 26.4 Å². The average Bonchev–Trinajstić information content (AvgIpc) is 3.53. The van der Waals surface area contributed by atoms with Crippen molar-refractivity contribution in [2.75, 3.05) is 39.6 Å². The number of aliphatic hydroxyl groups is 1. The summed E-state index contributed by atoms with van der Waals surface area (Å²) in [4.78, 5) is 71.9. The van der Waals surface area contributed by atoms with E-state index in [9.17, 15) is 43.2 Å². The van der Waals surface area contributed by atoms with Gasteiger partial charge in [-0.1, -0.05) is 279 Å². The Balaban J connectivity index is 5.12. The number of carbonyl (C=O) groups is 4. The number of hydrogen-bond acceptors (Lipinski definition) is 15. The maximum atomic E-state index is 13.0. The van der Waals surface area contributed by atoms with Crippen molar-refractivity contribution in [2.45, 2.75) is 348 Å². The van der Waals surface area contributed by atoms with Crippen LogP contribution in [-0.2, 0) is 65.4 Å². The Labute approximate surface area is 511 Å². The summed E-state index contributed by atoms with van der Waals surface area (Å²) >= 11 is 0. The number of rotatable bonds is 65. The van der Waals surface area contributed by atoms with Gasteiger partial charge in [-0.05, 0) is 31.6 Å². The van der Waals surface area contributed by atoms with E-state index in [1.807, 2.05) is 0 Å². The topological polar surface area (TPSA) is 237 Å². The molecule has 0 aromatic heterocycles.